The number of para-hydroxylation sites is 1. The van der Waals surface area contributed by atoms with Gasteiger partial charge in [-0.3, -0.25) is 4.98 Å². The molecule has 188 valence electrons. The lowest BCUT2D eigenvalue weighted by Gasteiger charge is -2.42. The molecule has 0 radical (unpaired) electrons. The van der Waals surface area contributed by atoms with Crippen LogP contribution in [0.2, 0.25) is 0 Å². The number of benzene rings is 2. The lowest BCUT2D eigenvalue weighted by atomic mass is 9.87. The zero-order valence-corrected chi connectivity index (χ0v) is 22.0. The number of pyridine rings is 1. The van der Waals surface area contributed by atoms with Gasteiger partial charge in [0, 0.05) is 29.7 Å². The van der Waals surface area contributed by atoms with Gasteiger partial charge in [-0.05, 0) is 99.9 Å². The van der Waals surface area contributed by atoms with Crippen molar-refractivity contribution in [2.75, 3.05) is 32.7 Å². The zero-order chi connectivity index (χ0) is 24.6. The summed E-state index contributed by atoms with van der Waals surface area (Å²) in [6.07, 6.45) is 7.07. The standard InChI is InChI=1S/C31H39N5/c1-21(2)20-35-14-11-25(12-15-35)36-16-9-23(10-17-36)24-18-22(3)30-29(19-24)33-31(34-30)27-8-13-32-28-7-5-4-6-26(27)28/h4-8,13,18-19,21,23,25H,9-12,14-17,20H2,1-3H3,(H,33,34). The highest BCUT2D eigenvalue weighted by Crippen LogP contribution is 2.34. The van der Waals surface area contributed by atoms with Gasteiger partial charge >= 0.3 is 0 Å². The van der Waals surface area contributed by atoms with E-state index in [0.717, 1.165) is 45.3 Å². The fraction of sp³-hybridized carbons (Fsp3) is 0.484. The zero-order valence-electron chi connectivity index (χ0n) is 22.0. The maximum atomic E-state index is 5.02. The summed E-state index contributed by atoms with van der Waals surface area (Å²) in [5.41, 5.74) is 7.10. The number of rotatable bonds is 5. The number of aromatic amines is 1. The summed E-state index contributed by atoms with van der Waals surface area (Å²) >= 11 is 0. The first-order valence-electron chi connectivity index (χ1n) is 13.9. The molecule has 5 heteroatoms. The second-order valence-corrected chi connectivity index (χ2v) is 11.4. The third-order valence-corrected chi connectivity index (χ3v) is 8.40. The van der Waals surface area contributed by atoms with E-state index in [1.165, 1.54) is 69.5 Å². The number of fused-ring (bicyclic) bond motifs is 2. The van der Waals surface area contributed by atoms with Gasteiger partial charge in [0.2, 0.25) is 0 Å². The van der Waals surface area contributed by atoms with Crippen molar-refractivity contribution in [3.8, 4) is 11.4 Å². The van der Waals surface area contributed by atoms with E-state index in [2.05, 4.69) is 76.9 Å². The van der Waals surface area contributed by atoms with Crippen molar-refractivity contribution in [1.29, 1.82) is 0 Å². The number of nitrogens with zero attached hydrogens (tertiary/aromatic N) is 4. The van der Waals surface area contributed by atoms with Gasteiger partial charge in [0.25, 0.3) is 0 Å². The Balaban J connectivity index is 1.16. The summed E-state index contributed by atoms with van der Waals surface area (Å²) < 4.78 is 0. The predicted octanol–water partition coefficient (Wildman–Crippen LogP) is 6.39. The molecule has 1 N–H and O–H groups in total. The molecule has 2 aliphatic rings. The number of hydrogen-bond donors (Lipinski definition) is 1. The molecule has 0 saturated carbocycles. The monoisotopic (exact) mass is 481 g/mol. The van der Waals surface area contributed by atoms with E-state index in [1.807, 2.05) is 12.3 Å². The second-order valence-electron chi connectivity index (χ2n) is 11.4. The number of aryl methyl sites for hydroxylation is 1. The number of aromatic nitrogens is 3. The third-order valence-electron chi connectivity index (χ3n) is 8.40. The lowest BCUT2D eigenvalue weighted by Crippen LogP contribution is -2.48. The van der Waals surface area contributed by atoms with Crippen molar-refractivity contribution in [2.24, 2.45) is 5.92 Å². The van der Waals surface area contributed by atoms with E-state index in [1.54, 1.807) is 0 Å². The van der Waals surface area contributed by atoms with E-state index in [-0.39, 0.29) is 0 Å². The van der Waals surface area contributed by atoms with Gasteiger partial charge in [-0.25, -0.2) is 4.98 Å². The van der Waals surface area contributed by atoms with Crippen molar-refractivity contribution >= 4 is 21.9 Å². The van der Waals surface area contributed by atoms with Crippen LogP contribution in [0, 0.1) is 12.8 Å². The molecule has 0 bridgehead atoms. The SMILES string of the molecule is Cc1cc(C2CCN(C3CCN(CC(C)C)CC3)CC2)cc2[nH]c(-c3ccnc4ccccc34)nc12. The smallest absolute Gasteiger partial charge is 0.139 e. The fourth-order valence-electron chi connectivity index (χ4n) is 6.57. The first-order valence-corrected chi connectivity index (χ1v) is 13.9. The molecule has 0 unspecified atom stereocenters. The van der Waals surface area contributed by atoms with Crippen molar-refractivity contribution in [2.45, 2.75) is 58.4 Å². The van der Waals surface area contributed by atoms with Gasteiger partial charge in [-0.2, -0.15) is 0 Å². The molecule has 0 spiro atoms. The number of piperidine rings is 2. The number of H-pyrrole nitrogens is 1. The Bertz CT molecular complexity index is 1330. The first kappa shape index (κ1) is 23.6. The van der Waals surface area contributed by atoms with E-state index in [4.69, 9.17) is 4.98 Å². The summed E-state index contributed by atoms with van der Waals surface area (Å²) in [5.74, 6) is 2.34. The Morgan fingerprint density at radius 2 is 1.75 bits per heavy atom. The average molecular weight is 482 g/mol. The average Bonchev–Trinajstić information content (AvgIpc) is 3.33. The normalized spacial score (nSPS) is 19.1. The first-order chi connectivity index (χ1) is 17.5. The molecule has 4 aromatic rings. The molecular weight excluding hydrogens is 442 g/mol. The maximum absolute atomic E-state index is 5.02. The number of hydrogen-bond acceptors (Lipinski definition) is 4. The lowest BCUT2D eigenvalue weighted by molar-refractivity contribution is 0.0828. The van der Waals surface area contributed by atoms with Crippen molar-refractivity contribution < 1.29 is 0 Å². The molecule has 2 aromatic heterocycles. The summed E-state index contributed by atoms with van der Waals surface area (Å²) in [6.45, 7) is 13.1. The van der Waals surface area contributed by atoms with Gasteiger partial charge in [0.15, 0.2) is 0 Å². The Hall–Kier alpha value is -2.76. The van der Waals surface area contributed by atoms with E-state index < -0.39 is 0 Å². The topological polar surface area (TPSA) is 48.0 Å². The highest BCUT2D eigenvalue weighted by atomic mass is 15.2. The summed E-state index contributed by atoms with van der Waals surface area (Å²) in [7, 11) is 0. The van der Waals surface area contributed by atoms with E-state index in [0.29, 0.717) is 5.92 Å². The van der Waals surface area contributed by atoms with Crippen LogP contribution in [0.5, 0.6) is 0 Å². The Kier molecular flexibility index (Phi) is 6.53. The largest absolute Gasteiger partial charge is 0.338 e. The van der Waals surface area contributed by atoms with Gasteiger partial charge in [0.05, 0.1) is 16.6 Å². The van der Waals surface area contributed by atoms with Crippen molar-refractivity contribution in [1.82, 2.24) is 24.8 Å². The Morgan fingerprint density at radius 3 is 2.53 bits per heavy atom. The van der Waals surface area contributed by atoms with Crippen LogP contribution < -0.4 is 0 Å². The molecular formula is C31H39N5. The van der Waals surface area contributed by atoms with Gasteiger partial charge in [0.1, 0.15) is 5.82 Å². The maximum Gasteiger partial charge on any atom is 0.139 e. The number of imidazole rings is 1. The molecule has 5 nitrogen and oxygen atoms in total. The molecule has 2 saturated heterocycles. The van der Waals surface area contributed by atoms with Crippen LogP contribution in [0.3, 0.4) is 0 Å². The van der Waals surface area contributed by atoms with Crippen molar-refractivity contribution in [3.63, 3.8) is 0 Å². The Morgan fingerprint density at radius 1 is 0.972 bits per heavy atom. The van der Waals surface area contributed by atoms with Crippen LogP contribution in [0.25, 0.3) is 33.3 Å². The van der Waals surface area contributed by atoms with Crippen molar-refractivity contribution in [3.05, 3.63) is 59.8 Å². The predicted molar refractivity (Wildman–Crippen MR) is 149 cm³/mol. The molecule has 0 aliphatic carbocycles. The van der Waals surface area contributed by atoms with E-state index >= 15 is 0 Å². The van der Waals surface area contributed by atoms with Gasteiger partial charge in [-0.15, -0.1) is 0 Å². The van der Waals surface area contributed by atoms with Crippen LogP contribution in [0.4, 0.5) is 0 Å². The highest BCUT2D eigenvalue weighted by molar-refractivity contribution is 5.94. The quantitative estimate of drug-likeness (QED) is 0.359. The van der Waals surface area contributed by atoms with E-state index in [9.17, 15) is 0 Å². The minimum absolute atomic E-state index is 0.638. The molecule has 36 heavy (non-hydrogen) atoms. The minimum Gasteiger partial charge on any atom is -0.338 e. The van der Waals surface area contributed by atoms with Crippen LogP contribution >= 0.6 is 0 Å². The molecule has 6 rings (SSSR count). The van der Waals surface area contributed by atoms with Crippen LogP contribution in [0.15, 0.2) is 48.7 Å². The molecule has 2 fully saturated rings. The minimum atomic E-state index is 0.638. The molecule has 2 aliphatic heterocycles. The second kappa shape index (κ2) is 9.95. The van der Waals surface area contributed by atoms with Gasteiger partial charge in [-0.1, -0.05) is 38.1 Å². The van der Waals surface area contributed by atoms with Crippen LogP contribution in [-0.4, -0.2) is 63.5 Å². The highest BCUT2D eigenvalue weighted by Gasteiger charge is 2.29. The summed E-state index contributed by atoms with van der Waals surface area (Å²) in [4.78, 5) is 18.6. The number of likely N-dealkylation sites (tertiary alicyclic amines) is 2. The fourth-order valence-corrected chi connectivity index (χ4v) is 6.57. The molecule has 0 atom stereocenters. The Labute approximate surface area is 214 Å². The van der Waals surface area contributed by atoms with Crippen LogP contribution in [0.1, 0.15) is 56.6 Å². The van der Waals surface area contributed by atoms with Crippen LogP contribution in [-0.2, 0) is 0 Å². The third kappa shape index (κ3) is 4.67. The summed E-state index contributed by atoms with van der Waals surface area (Å²) in [5, 5.41) is 1.14. The van der Waals surface area contributed by atoms with Gasteiger partial charge < -0.3 is 14.8 Å². The number of nitrogens with one attached hydrogen (secondary N) is 1. The molecule has 2 aromatic carbocycles. The molecule has 4 heterocycles. The molecule has 0 amide bonds. The summed E-state index contributed by atoms with van der Waals surface area (Å²) in [6, 6.07) is 15.9.